The van der Waals surface area contributed by atoms with Crippen molar-refractivity contribution in [3.8, 4) is 0 Å². The zero-order valence-electron chi connectivity index (χ0n) is 10.6. The third kappa shape index (κ3) is 3.50. The van der Waals surface area contributed by atoms with Gasteiger partial charge in [0.2, 0.25) is 0 Å². The minimum atomic E-state index is -0.492. The number of nitrogens with zero attached hydrogens (tertiary/aromatic N) is 4. The molecule has 0 unspecified atom stereocenters. The Balaban J connectivity index is 2.89. The molecule has 1 aromatic rings. The lowest BCUT2D eigenvalue weighted by Gasteiger charge is -2.11. The van der Waals surface area contributed by atoms with Gasteiger partial charge >= 0.3 is 5.97 Å². The van der Waals surface area contributed by atoms with Crippen LogP contribution in [-0.2, 0) is 22.6 Å². The molecule has 0 saturated heterocycles. The Hall–Kier alpha value is -1.47. The fourth-order valence-electron chi connectivity index (χ4n) is 1.34. The number of esters is 1. The molecule has 0 atom stereocenters. The predicted octanol–water partition coefficient (Wildman–Crippen LogP) is -0.227. The molecule has 0 fully saturated rings. The molecule has 0 N–H and O–H groups in total. The second kappa shape index (κ2) is 6.31. The van der Waals surface area contributed by atoms with Crippen molar-refractivity contribution in [3.05, 3.63) is 11.4 Å². The van der Waals surface area contributed by atoms with Gasteiger partial charge in [0.25, 0.3) is 0 Å². The molecule has 0 radical (unpaired) electrons. The minimum absolute atomic E-state index is 0.216. The van der Waals surface area contributed by atoms with Crippen LogP contribution >= 0.6 is 0 Å². The minimum Gasteiger partial charge on any atom is -0.464 e. The van der Waals surface area contributed by atoms with Crippen molar-refractivity contribution >= 4 is 5.97 Å². The van der Waals surface area contributed by atoms with E-state index in [4.69, 9.17) is 4.74 Å². The Morgan fingerprint density at radius 3 is 2.65 bits per heavy atom. The van der Waals surface area contributed by atoms with Crippen LogP contribution in [0.5, 0.6) is 0 Å². The summed E-state index contributed by atoms with van der Waals surface area (Å²) in [5, 5.41) is 7.76. The summed E-state index contributed by atoms with van der Waals surface area (Å²) in [6.07, 6.45) is 0. The molecule has 0 saturated carbocycles. The standard InChI is InChI=1S/C10H18N4O3/c1-13(2)5-6-14-8(7-16-3)9(11-12-14)10(15)17-4/h5-7H2,1-4H3. The molecule has 0 aliphatic rings. The van der Waals surface area contributed by atoms with E-state index in [2.05, 4.69) is 15.0 Å². The van der Waals surface area contributed by atoms with Gasteiger partial charge in [-0.25, -0.2) is 9.48 Å². The Morgan fingerprint density at radius 1 is 1.41 bits per heavy atom. The van der Waals surface area contributed by atoms with Crippen LogP contribution in [0.3, 0.4) is 0 Å². The van der Waals surface area contributed by atoms with Crippen molar-refractivity contribution in [2.45, 2.75) is 13.2 Å². The molecule has 1 rings (SSSR count). The van der Waals surface area contributed by atoms with Crippen LogP contribution in [0.1, 0.15) is 16.2 Å². The van der Waals surface area contributed by atoms with Gasteiger partial charge in [-0.05, 0) is 14.1 Å². The third-order valence-corrected chi connectivity index (χ3v) is 2.26. The van der Waals surface area contributed by atoms with Crippen molar-refractivity contribution < 1.29 is 14.3 Å². The zero-order chi connectivity index (χ0) is 12.8. The van der Waals surface area contributed by atoms with Gasteiger partial charge < -0.3 is 14.4 Å². The summed E-state index contributed by atoms with van der Waals surface area (Å²) in [5.74, 6) is -0.492. The van der Waals surface area contributed by atoms with Gasteiger partial charge in [-0.2, -0.15) is 0 Å². The molecule has 0 aliphatic carbocycles. The van der Waals surface area contributed by atoms with Crippen molar-refractivity contribution in [2.24, 2.45) is 0 Å². The smallest absolute Gasteiger partial charge is 0.360 e. The molecule has 0 bridgehead atoms. The Bertz CT molecular complexity index is 376. The number of hydrogen-bond donors (Lipinski definition) is 0. The molecule has 1 aromatic heterocycles. The predicted molar refractivity (Wildman–Crippen MR) is 60.6 cm³/mol. The van der Waals surface area contributed by atoms with E-state index in [0.717, 1.165) is 6.54 Å². The SMILES string of the molecule is COCc1c(C(=O)OC)nnn1CCN(C)C. The molecule has 0 spiro atoms. The van der Waals surface area contributed by atoms with E-state index >= 15 is 0 Å². The van der Waals surface area contributed by atoms with Gasteiger partial charge in [0.05, 0.1) is 26.0 Å². The van der Waals surface area contributed by atoms with E-state index in [1.165, 1.54) is 7.11 Å². The lowest BCUT2D eigenvalue weighted by atomic mass is 10.3. The van der Waals surface area contributed by atoms with E-state index < -0.39 is 5.97 Å². The number of rotatable bonds is 6. The van der Waals surface area contributed by atoms with Gasteiger partial charge in [0.1, 0.15) is 0 Å². The molecule has 0 amide bonds. The van der Waals surface area contributed by atoms with Crippen LogP contribution in [0.4, 0.5) is 0 Å². The first-order valence-electron chi connectivity index (χ1n) is 5.24. The number of methoxy groups -OCH3 is 2. The molecule has 7 nitrogen and oxygen atoms in total. The molecule has 0 aromatic carbocycles. The van der Waals surface area contributed by atoms with E-state index in [9.17, 15) is 4.79 Å². The first-order chi connectivity index (χ1) is 8.10. The largest absolute Gasteiger partial charge is 0.464 e. The van der Waals surface area contributed by atoms with Crippen LogP contribution in [0.25, 0.3) is 0 Å². The second-order valence-electron chi connectivity index (χ2n) is 3.84. The summed E-state index contributed by atoms with van der Waals surface area (Å²) in [4.78, 5) is 13.5. The monoisotopic (exact) mass is 242 g/mol. The highest BCUT2D eigenvalue weighted by Crippen LogP contribution is 2.08. The molecule has 96 valence electrons. The summed E-state index contributed by atoms with van der Waals surface area (Å²) >= 11 is 0. The number of likely N-dealkylation sites (N-methyl/N-ethyl adjacent to an activating group) is 1. The summed E-state index contributed by atoms with van der Waals surface area (Å²) in [6.45, 7) is 1.74. The summed E-state index contributed by atoms with van der Waals surface area (Å²) in [7, 11) is 6.81. The van der Waals surface area contributed by atoms with Gasteiger partial charge in [0.15, 0.2) is 5.69 Å². The molecule has 7 heteroatoms. The molecular formula is C10H18N4O3. The van der Waals surface area contributed by atoms with Gasteiger partial charge in [-0.15, -0.1) is 5.10 Å². The van der Waals surface area contributed by atoms with E-state index in [1.807, 2.05) is 19.0 Å². The van der Waals surface area contributed by atoms with Crippen molar-refractivity contribution in [1.29, 1.82) is 0 Å². The first kappa shape index (κ1) is 13.6. The number of ether oxygens (including phenoxy) is 2. The van der Waals surface area contributed by atoms with Gasteiger partial charge in [-0.3, -0.25) is 0 Å². The summed E-state index contributed by atoms with van der Waals surface area (Å²) in [5.41, 5.74) is 0.856. The van der Waals surface area contributed by atoms with Gasteiger partial charge in [-0.1, -0.05) is 5.21 Å². The van der Waals surface area contributed by atoms with Crippen LogP contribution in [0, 0.1) is 0 Å². The van der Waals surface area contributed by atoms with Crippen molar-refractivity contribution in [2.75, 3.05) is 34.9 Å². The molecular weight excluding hydrogens is 224 g/mol. The number of hydrogen-bond acceptors (Lipinski definition) is 6. The Morgan fingerprint density at radius 2 is 2.12 bits per heavy atom. The number of carbonyl (C=O) groups excluding carboxylic acids is 1. The highest BCUT2D eigenvalue weighted by molar-refractivity contribution is 5.88. The lowest BCUT2D eigenvalue weighted by molar-refractivity contribution is 0.0588. The van der Waals surface area contributed by atoms with Crippen molar-refractivity contribution in [3.63, 3.8) is 0 Å². The van der Waals surface area contributed by atoms with E-state index in [1.54, 1.807) is 11.8 Å². The maximum absolute atomic E-state index is 11.5. The van der Waals surface area contributed by atoms with Crippen LogP contribution in [0.2, 0.25) is 0 Å². The van der Waals surface area contributed by atoms with E-state index in [-0.39, 0.29) is 12.3 Å². The molecule has 17 heavy (non-hydrogen) atoms. The highest BCUT2D eigenvalue weighted by Gasteiger charge is 2.19. The fraction of sp³-hybridized carbons (Fsp3) is 0.700. The number of carbonyl (C=O) groups is 1. The van der Waals surface area contributed by atoms with E-state index in [0.29, 0.717) is 12.2 Å². The Kier molecular flexibility index (Phi) is 5.05. The van der Waals surface area contributed by atoms with Crippen LogP contribution < -0.4 is 0 Å². The summed E-state index contributed by atoms with van der Waals surface area (Å²) < 4.78 is 11.4. The first-order valence-corrected chi connectivity index (χ1v) is 5.24. The molecule has 1 heterocycles. The van der Waals surface area contributed by atoms with Crippen LogP contribution in [-0.4, -0.2) is 60.7 Å². The average Bonchev–Trinajstić information content (AvgIpc) is 2.69. The third-order valence-electron chi connectivity index (χ3n) is 2.26. The van der Waals surface area contributed by atoms with Crippen molar-refractivity contribution in [1.82, 2.24) is 19.9 Å². The average molecular weight is 242 g/mol. The topological polar surface area (TPSA) is 69.5 Å². The Labute approximate surface area is 100 Å². The maximum atomic E-state index is 11.5. The highest BCUT2D eigenvalue weighted by atomic mass is 16.5. The second-order valence-corrected chi connectivity index (χ2v) is 3.84. The summed E-state index contributed by atoms with van der Waals surface area (Å²) in [6, 6.07) is 0. The normalized spacial score (nSPS) is 10.9. The van der Waals surface area contributed by atoms with Crippen LogP contribution in [0.15, 0.2) is 0 Å². The number of aromatic nitrogens is 3. The molecule has 0 aliphatic heterocycles. The quantitative estimate of drug-likeness (QED) is 0.642. The zero-order valence-corrected chi connectivity index (χ0v) is 10.6. The maximum Gasteiger partial charge on any atom is 0.360 e. The fourth-order valence-corrected chi connectivity index (χ4v) is 1.34. The lowest BCUT2D eigenvalue weighted by Crippen LogP contribution is -2.21. The van der Waals surface area contributed by atoms with Gasteiger partial charge in [0, 0.05) is 13.7 Å².